The molecule has 0 spiro atoms. The van der Waals surface area contributed by atoms with E-state index in [9.17, 15) is 4.79 Å². The highest BCUT2D eigenvalue weighted by molar-refractivity contribution is 6.06. The molecule has 0 bridgehead atoms. The van der Waals surface area contributed by atoms with Gasteiger partial charge in [-0.25, -0.2) is 0 Å². The van der Waals surface area contributed by atoms with Crippen molar-refractivity contribution in [2.75, 3.05) is 19.5 Å². The van der Waals surface area contributed by atoms with Crippen molar-refractivity contribution in [3.8, 4) is 22.6 Å². The monoisotopic (exact) mass is 469 g/mol. The van der Waals surface area contributed by atoms with Crippen LogP contribution in [-0.2, 0) is 4.79 Å². The molecule has 0 atom stereocenters. The second-order valence-corrected chi connectivity index (χ2v) is 8.90. The van der Waals surface area contributed by atoms with Crippen LogP contribution in [0, 0.1) is 6.92 Å². The number of anilines is 1. The lowest BCUT2D eigenvalue weighted by Crippen LogP contribution is -2.09. The van der Waals surface area contributed by atoms with Gasteiger partial charge in [-0.2, -0.15) is 0 Å². The highest BCUT2D eigenvalue weighted by Crippen LogP contribution is 2.42. The molecule has 0 saturated heterocycles. The van der Waals surface area contributed by atoms with E-state index in [1.165, 1.54) is 5.56 Å². The number of methoxy groups -OCH3 is 2. The molecule has 0 aliphatic rings. The number of aryl methyl sites for hydroxylation is 1. The predicted molar refractivity (Wildman–Crippen MR) is 142 cm³/mol. The first kappa shape index (κ1) is 24.1. The molecule has 0 aliphatic carbocycles. The number of carbonyl (C=O) groups excluding carboxylic acids is 1. The lowest BCUT2D eigenvalue weighted by molar-refractivity contribution is -0.111. The third kappa shape index (κ3) is 4.80. The molecule has 4 aromatic rings. The lowest BCUT2D eigenvalue weighted by Gasteiger charge is -2.14. The maximum Gasteiger partial charge on any atom is 0.248 e. The van der Waals surface area contributed by atoms with Crippen LogP contribution in [-0.4, -0.2) is 20.1 Å². The fourth-order valence-corrected chi connectivity index (χ4v) is 4.35. The topological polar surface area (TPSA) is 60.7 Å². The first-order chi connectivity index (χ1) is 16.8. The Morgan fingerprint density at radius 1 is 1.00 bits per heavy atom. The quantitative estimate of drug-likeness (QED) is 0.283. The molecular weight excluding hydrogens is 438 g/mol. The Bertz CT molecular complexity index is 1390. The third-order valence-electron chi connectivity index (χ3n) is 6.26. The Kier molecular flexibility index (Phi) is 6.97. The van der Waals surface area contributed by atoms with Gasteiger partial charge in [-0.15, -0.1) is 0 Å². The standard InChI is InChI=1S/C30H31NO4/c1-18(2)21-11-13-22(14-12-21)31-28(32)15-19(3)24-16-25-26(23-9-7-8-10-27(23)33-5)17-35-30(25)20(4)29(24)34-6/h7-18H,1-6H3,(H,31,32)/b19-15+. The molecule has 4 rings (SSSR count). The fourth-order valence-electron chi connectivity index (χ4n) is 4.35. The van der Waals surface area contributed by atoms with E-state index in [4.69, 9.17) is 13.9 Å². The summed E-state index contributed by atoms with van der Waals surface area (Å²) in [5.41, 5.74) is 7.09. The first-order valence-corrected chi connectivity index (χ1v) is 11.7. The normalized spacial score (nSPS) is 11.7. The largest absolute Gasteiger partial charge is 0.496 e. The number of carbonyl (C=O) groups is 1. The van der Waals surface area contributed by atoms with Gasteiger partial charge in [0, 0.05) is 39.4 Å². The number of hydrogen-bond acceptors (Lipinski definition) is 4. The van der Waals surface area contributed by atoms with Crippen LogP contribution >= 0.6 is 0 Å². The van der Waals surface area contributed by atoms with Gasteiger partial charge >= 0.3 is 0 Å². The van der Waals surface area contributed by atoms with Crippen LogP contribution in [0.25, 0.3) is 27.7 Å². The van der Waals surface area contributed by atoms with E-state index >= 15 is 0 Å². The van der Waals surface area contributed by atoms with Gasteiger partial charge in [0.1, 0.15) is 17.1 Å². The molecule has 1 amide bonds. The number of nitrogens with one attached hydrogen (secondary N) is 1. The van der Waals surface area contributed by atoms with Gasteiger partial charge in [0.05, 0.1) is 20.5 Å². The van der Waals surface area contributed by atoms with Gasteiger partial charge in [0.15, 0.2) is 0 Å². The minimum absolute atomic E-state index is 0.197. The van der Waals surface area contributed by atoms with Crippen LogP contribution in [0.1, 0.15) is 43.4 Å². The van der Waals surface area contributed by atoms with Gasteiger partial charge in [-0.1, -0.05) is 44.2 Å². The van der Waals surface area contributed by atoms with Crippen LogP contribution in [0.4, 0.5) is 5.69 Å². The van der Waals surface area contributed by atoms with Gasteiger partial charge in [0.25, 0.3) is 0 Å². The molecule has 0 unspecified atom stereocenters. The molecule has 1 heterocycles. The fraction of sp³-hybridized carbons (Fsp3) is 0.233. The highest BCUT2D eigenvalue weighted by atomic mass is 16.5. The predicted octanol–water partition coefficient (Wildman–Crippen LogP) is 7.59. The van der Waals surface area contributed by atoms with Crippen LogP contribution in [0.15, 0.2) is 71.4 Å². The molecular formula is C30H31NO4. The number of allylic oxidation sites excluding steroid dienone is 1. The van der Waals surface area contributed by atoms with E-state index in [1.807, 2.05) is 68.4 Å². The summed E-state index contributed by atoms with van der Waals surface area (Å²) in [5.74, 6) is 1.69. The van der Waals surface area contributed by atoms with Gasteiger partial charge in [-0.05, 0) is 55.2 Å². The molecule has 35 heavy (non-hydrogen) atoms. The SMILES string of the molecule is COc1ccccc1-c1coc2c(C)c(OC)c(/C(C)=C/C(=O)Nc3ccc(C(C)C)cc3)cc12. The molecule has 0 aliphatic heterocycles. The van der Waals surface area contributed by atoms with E-state index < -0.39 is 0 Å². The zero-order chi connectivity index (χ0) is 25.1. The second kappa shape index (κ2) is 10.1. The molecule has 3 aromatic carbocycles. The van der Waals surface area contributed by atoms with Crippen molar-refractivity contribution in [3.05, 3.63) is 83.6 Å². The number of rotatable bonds is 7. The summed E-state index contributed by atoms with van der Waals surface area (Å²) in [7, 11) is 3.29. The van der Waals surface area contributed by atoms with E-state index in [2.05, 4.69) is 19.2 Å². The van der Waals surface area contributed by atoms with E-state index in [0.717, 1.165) is 50.2 Å². The van der Waals surface area contributed by atoms with Gasteiger partial charge in [0.2, 0.25) is 5.91 Å². The Morgan fingerprint density at radius 3 is 2.37 bits per heavy atom. The third-order valence-corrected chi connectivity index (χ3v) is 6.26. The molecule has 1 N–H and O–H groups in total. The summed E-state index contributed by atoms with van der Waals surface area (Å²) >= 11 is 0. The molecule has 180 valence electrons. The molecule has 5 heteroatoms. The average Bonchev–Trinajstić information content (AvgIpc) is 3.28. The Labute approximate surface area is 206 Å². The number of fused-ring (bicyclic) bond motifs is 1. The molecule has 0 fully saturated rings. The highest BCUT2D eigenvalue weighted by Gasteiger charge is 2.20. The number of ether oxygens (including phenoxy) is 2. The van der Waals surface area contributed by atoms with Crippen molar-refractivity contribution in [1.82, 2.24) is 0 Å². The average molecular weight is 470 g/mol. The van der Waals surface area contributed by atoms with Crippen LogP contribution in [0.5, 0.6) is 11.5 Å². The van der Waals surface area contributed by atoms with Crippen LogP contribution < -0.4 is 14.8 Å². The smallest absolute Gasteiger partial charge is 0.248 e. The zero-order valence-electron chi connectivity index (χ0n) is 21.1. The van der Waals surface area contributed by atoms with Gasteiger partial charge < -0.3 is 19.2 Å². The number of hydrogen-bond donors (Lipinski definition) is 1. The summed E-state index contributed by atoms with van der Waals surface area (Å²) < 4.78 is 17.3. The minimum Gasteiger partial charge on any atom is -0.496 e. The Morgan fingerprint density at radius 2 is 1.71 bits per heavy atom. The summed E-state index contributed by atoms with van der Waals surface area (Å²) in [6, 6.07) is 17.8. The lowest BCUT2D eigenvalue weighted by atomic mass is 9.96. The molecule has 0 saturated carbocycles. The zero-order valence-corrected chi connectivity index (χ0v) is 21.1. The maximum atomic E-state index is 12.8. The minimum atomic E-state index is -0.197. The summed E-state index contributed by atoms with van der Waals surface area (Å²) in [6.45, 7) is 8.16. The first-order valence-electron chi connectivity index (χ1n) is 11.7. The Hall–Kier alpha value is -3.99. The van der Waals surface area contributed by atoms with Crippen LogP contribution in [0.2, 0.25) is 0 Å². The summed E-state index contributed by atoms with van der Waals surface area (Å²) in [5, 5.41) is 3.88. The number of amides is 1. The van der Waals surface area contributed by atoms with Crippen molar-refractivity contribution in [2.45, 2.75) is 33.6 Å². The van der Waals surface area contributed by atoms with Crippen molar-refractivity contribution in [2.24, 2.45) is 0 Å². The van der Waals surface area contributed by atoms with Crippen molar-refractivity contribution < 1.29 is 18.7 Å². The second-order valence-electron chi connectivity index (χ2n) is 8.90. The van der Waals surface area contributed by atoms with E-state index in [0.29, 0.717) is 11.7 Å². The van der Waals surface area contributed by atoms with Gasteiger partial charge in [-0.3, -0.25) is 4.79 Å². The van der Waals surface area contributed by atoms with Crippen molar-refractivity contribution >= 4 is 28.1 Å². The molecule has 0 radical (unpaired) electrons. The van der Waals surface area contributed by atoms with Crippen molar-refractivity contribution in [3.63, 3.8) is 0 Å². The summed E-state index contributed by atoms with van der Waals surface area (Å²) in [4.78, 5) is 12.8. The van der Waals surface area contributed by atoms with Crippen LogP contribution in [0.3, 0.4) is 0 Å². The Balaban J connectivity index is 1.73. The number of furan rings is 1. The molecule has 1 aromatic heterocycles. The molecule has 5 nitrogen and oxygen atoms in total. The summed E-state index contributed by atoms with van der Waals surface area (Å²) in [6.07, 6.45) is 3.34. The van der Waals surface area contributed by atoms with E-state index in [-0.39, 0.29) is 5.91 Å². The number of benzene rings is 3. The van der Waals surface area contributed by atoms with Crippen molar-refractivity contribution in [1.29, 1.82) is 0 Å². The number of para-hydroxylation sites is 1. The van der Waals surface area contributed by atoms with E-state index in [1.54, 1.807) is 26.6 Å². The maximum absolute atomic E-state index is 12.8.